The minimum Gasteiger partial charge on any atom is -0.369 e. The Kier molecular flexibility index (Phi) is 3.37. The fraction of sp³-hybridized carbons (Fsp3) is 0.357. The summed E-state index contributed by atoms with van der Waals surface area (Å²) in [5.74, 6) is 2.64. The Labute approximate surface area is 117 Å². The van der Waals surface area contributed by atoms with Crippen LogP contribution in [-0.2, 0) is 6.42 Å². The van der Waals surface area contributed by atoms with Crippen LogP contribution in [0, 0.1) is 0 Å². The third kappa shape index (κ3) is 2.13. The molecule has 104 valence electrons. The van der Waals surface area contributed by atoms with E-state index >= 15 is 0 Å². The summed E-state index contributed by atoms with van der Waals surface area (Å²) < 4.78 is 3.99. The van der Waals surface area contributed by atoms with Gasteiger partial charge in [0.05, 0.1) is 6.20 Å². The van der Waals surface area contributed by atoms with Crippen molar-refractivity contribution in [2.45, 2.75) is 26.7 Å². The Balaban J connectivity index is 2.14. The fourth-order valence-electron chi connectivity index (χ4n) is 2.20. The largest absolute Gasteiger partial charge is 0.369 e. The summed E-state index contributed by atoms with van der Waals surface area (Å²) in [4.78, 5) is 13.4. The Bertz CT molecular complexity index is 711. The minimum absolute atomic E-state index is 0.811. The van der Waals surface area contributed by atoms with Crippen LogP contribution in [0.4, 0.5) is 5.82 Å². The number of hydrogen-bond acceptors (Lipinski definition) is 4. The first kappa shape index (κ1) is 12.7. The Morgan fingerprint density at radius 2 is 2.00 bits per heavy atom. The molecule has 0 fully saturated rings. The first-order valence-electron chi connectivity index (χ1n) is 6.93. The lowest BCUT2D eigenvalue weighted by Crippen LogP contribution is -2.09. The molecule has 6 heteroatoms. The van der Waals surface area contributed by atoms with E-state index in [4.69, 9.17) is 4.98 Å². The van der Waals surface area contributed by atoms with Gasteiger partial charge in [-0.15, -0.1) is 0 Å². The number of anilines is 1. The molecular formula is C14H18N6. The van der Waals surface area contributed by atoms with E-state index in [1.807, 2.05) is 27.6 Å². The van der Waals surface area contributed by atoms with Crippen molar-refractivity contribution in [2.24, 2.45) is 0 Å². The highest BCUT2D eigenvalue weighted by molar-refractivity contribution is 5.58. The van der Waals surface area contributed by atoms with Crippen molar-refractivity contribution in [3.8, 4) is 5.82 Å². The molecule has 0 atom stereocenters. The summed E-state index contributed by atoms with van der Waals surface area (Å²) in [5.41, 5.74) is 0.833. The average Bonchev–Trinajstić information content (AvgIpc) is 3.12. The van der Waals surface area contributed by atoms with E-state index in [0.717, 1.165) is 42.5 Å². The van der Waals surface area contributed by atoms with Gasteiger partial charge in [0.15, 0.2) is 11.5 Å². The van der Waals surface area contributed by atoms with Gasteiger partial charge >= 0.3 is 0 Å². The lowest BCUT2D eigenvalue weighted by molar-refractivity contribution is 0.860. The number of nitrogens with one attached hydrogen (secondary N) is 1. The molecule has 0 spiro atoms. The summed E-state index contributed by atoms with van der Waals surface area (Å²) in [6.07, 6.45) is 11.3. The van der Waals surface area contributed by atoms with Crippen molar-refractivity contribution in [3.63, 3.8) is 0 Å². The highest BCUT2D eigenvalue weighted by atomic mass is 15.2. The molecule has 0 aromatic carbocycles. The number of hydrogen-bond donors (Lipinski definition) is 1. The Morgan fingerprint density at radius 3 is 2.80 bits per heavy atom. The second kappa shape index (κ2) is 5.32. The van der Waals surface area contributed by atoms with Crippen LogP contribution in [0.25, 0.3) is 11.5 Å². The zero-order valence-corrected chi connectivity index (χ0v) is 11.7. The molecule has 0 unspecified atom stereocenters. The number of nitrogens with zero attached hydrogens (tertiary/aromatic N) is 5. The molecular weight excluding hydrogens is 252 g/mol. The lowest BCUT2D eigenvalue weighted by atomic mass is 10.4. The van der Waals surface area contributed by atoms with Gasteiger partial charge in [0.2, 0.25) is 0 Å². The van der Waals surface area contributed by atoms with Crippen LogP contribution in [0.15, 0.2) is 31.0 Å². The van der Waals surface area contributed by atoms with Gasteiger partial charge in [-0.05, 0) is 6.42 Å². The Morgan fingerprint density at radius 1 is 1.15 bits per heavy atom. The minimum atomic E-state index is 0.811. The van der Waals surface area contributed by atoms with Crippen molar-refractivity contribution in [1.29, 1.82) is 0 Å². The Hall–Kier alpha value is -2.37. The summed E-state index contributed by atoms with van der Waals surface area (Å²) in [6, 6.07) is 0. The summed E-state index contributed by atoms with van der Waals surface area (Å²) in [6.45, 7) is 5.12. The predicted molar refractivity (Wildman–Crippen MR) is 78.3 cm³/mol. The molecule has 0 aliphatic heterocycles. The van der Waals surface area contributed by atoms with E-state index in [9.17, 15) is 0 Å². The van der Waals surface area contributed by atoms with Crippen LogP contribution >= 0.6 is 0 Å². The quantitative estimate of drug-likeness (QED) is 0.773. The van der Waals surface area contributed by atoms with E-state index in [2.05, 4.69) is 29.1 Å². The van der Waals surface area contributed by atoms with Crippen LogP contribution in [0.1, 0.15) is 26.1 Å². The van der Waals surface area contributed by atoms with E-state index < -0.39 is 0 Å². The maximum Gasteiger partial charge on any atom is 0.184 e. The van der Waals surface area contributed by atoms with E-state index in [1.165, 1.54) is 0 Å². The van der Waals surface area contributed by atoms with Crippen molar-refractivity contribution in [3.05, 3.63) is 36.8 Å². The molecule has 3 rings (SSSR count). The van der Waals surface area contributed by atoms with Crippen LogP contribution in [0.3, 0.4) is 0 Å². The van der Waals surface area contributed by atoms with E-state index in [1.54, 1.807) is 12.4 Å². The van der Waals surface area contributed by atoms with Crippen LogP contribution < -0.4 is 5.32 Å². The molecule has 3 aromatic heterocycles. The smallest absolute Gasteiger partial charge is 0.184 e. The van der Waals surface area contributed by atoms with Gasteiger partial charge in [-0.3, -0.25) is 4.57 Å². The summed E-state index contributed by atoms with van der Waals surface area (Å²) in [5, 5.41) is 3.32. The molecule has 0 aliphatic rings. The number of fused-ring (bicyclic) bond motifs is 1. The van der Waals surface area contributed by atoms with Gasteiger partial charge in [-0.1, -0.05) is 13.8 Å². The van der Waals surface area contributed by atoms with E-state index in [-0.39, 0.29) is 0 Å². The van der Waals surface area contributed by atoms with Gasteiger partial charge in [-0.25, -0.2) is 15.0 Å². The van der Waals surface area contributed by atoms with Gasteiger partial charge in [0, 0.05) is 37.8 Å². The second-order valence-electron chi connectivity index (χ2n) is 4.60. The van der Waals surface area contributed by atoms with Gasteiger partial charge in [0.1, 0.15) is 11.6 Å². The van der Waals surface area contributed by atoms with Gasteiger partial charge in [-0.2, -0.15) is 0 Å². The van der Waals surface area contributed by atoms with Gasteiger partial charge < -0.3 is 9.72 Å². The molecule has 3 aromatic rings. The van der Waals surface area contributed by atoms with Gasteiger partial charge in [0.25, 0.3) is 0 Å². The first-order valence-corrected chi connectivity index (χ1v) is 6.93. The highest BCUT2D eigenvalue weighted by Gasteiger charge is 2.12. The molecule has 3 heterocycles. The number of rotatable bonds is 5. The van der Waals surface area contributed by atoms with Crippen LogP contribution in [-0.4, -0.2) is 30.5 Å². The third-order valence-corrected chi connectivity index (χ3v) is 3.17. The van der Waals surface area contributed by atoms with Crippen LogP contribution in [0.5, 0.6) is 0 Å². The zero-order valence-electron chi connectivity index (χ0n) is 11.7. The highest BCUT2D eigenvalue weighted by Crippen LogP contribution is 2.17. The summed E-state index contributed by atoms with van der Waals surface area (Å²) in [7, 11) is 0. The van der Waals surface area contributed by atoms with Crippen molar-refractivity contribution in [2.75, 3.05) is 11.9 Å². The standard InChI is InChI=1S/C14H18N6/c1-3-5-15-11-10-19-8-6-17-13(19)14(18-11)20-9-7-16-12(20)4-2/h6-10,15H,3-5H2,1-2H3. The zero-order chi connectivity index (χ0) is 13.9. The summed E-state index contributed by atoms with van der Waals surface area (Å²) >= 11 is 0. The fourth-order valence-corrected chi connectivity index (χ4v) is 2.20. The SMILES string of the molecule is CCCNc1cn2ccnc2c(-n2ccnc2CC)n1. The normalized spacial score (nSPS) is 11.1. The maximum absolute atomic E-state index is 4.69. The molecule has 0 bridgehead atoms. The molecule has 0 saturated heterocycles. The van der Waals surface area contributed by atoms with Crippen LogP contribution in [0.2, 0.25) is 0 Å². The lowest BCUT2D eigenvalue weighted by Gasteiger charge is -2.11. The third-order valence-electron chi connectivity index (χ3n) is 3.17. The predicted octanol–water partition coefficient (Wildman–Crippen LogP) is 2.30. The second-order valence-corrected chi connectivity index (χ2v) is 4.60. The molecule has 1 N–H and O–H groups in total. The number of imidazole rings is 2. The topological polar surface area (TPSA) is 60.0 Å². The number of aromatic nitrogens is 5. The molecule has 20 heavy (non-hydrogen) atoms. The first-order chi connectivity index (χ1) is 9.83. The monoisotopic (exact) mass is 270 g/mol. The molecule has 6 nitrogen and oxygen atoms in total. The number of aryl methyl sites for hydroxylation is 1. The molecule has 0 aliphatic carbocycles. The van der Waals surface area contributed by atoms with Crippen molar-refractivity contribution in [1.82, 2.24) is 23.9 Å². The van der Waals surface area contributed by atoms with Crippen molar-refractivity contribution >= 4 is 11.5 Å². The van der Waals surface area contributed by atoms with E-state index in [0.29, 0.717) is 0 Å². The van der Waals surface area contributed by atoms with Crippen molar-refractivity contribution < 1.29 is 0 Å². The molecule has 0 radical (unpaired) electrons. The average molecular weight is 270 g/mol. The maximum atomic E-state index is 4.69. The molecule has 0 saturated carbocycles. The molecule has 0 amide bonds.